The summed E-state index contributed by atoms with van der Waals surface area (Å²) >= 11 is 0. The van der Waals surface area contributed by atoms with Crippen molar-refractivity contribution in [2.24, 2.45) is 0 Å². The summed E-state index contributed by atoms with van der Waals surface area (Å²) in [4.78, 5) is 39.3. The Labute approximate surface area is 175 Å². The molecule has 0 atom stereocenters. The van der Waals surface area contributed by atoms with Gasteiger partial charge in [0.05, 0.1) is 0 Å². The van der Waals surface area contributed by atoms with Gasteiger partial charge < -0.3 is 20.0 Å². The Kier molecular flexibility index (Phi) is 5.72. The number of piperidine rings is 1. The molecule has 2 aromatic rings. The van der Waals surface area contributed by atoms with Crippen molar-refractivity contribution in [3.8, 4) is 0 Å². The molecule has 7 nitrogen and oxygen atoms in total. The van der Waals surface area contributed by atoms with Gasteiger partial charge in [0.15, 0.2) is 0 Å². The molecule has 1 aromatic heterocycles. The van der Waals surface area contributed by atoms with Gasteiger partial charge in [0.25, 0.3) is 5.91 Å². The molecular formula is C23H27N3O4. The van der Waals surface area contributed by atoms with Gasteiger partial charge >= 0.3 is 5.63 Å². The second kappa shape index (κ2) is 8.44. The minimum atomic E-state index is -0.607. The lowest BCUT2D eigenvalue weighted by molar-refractivity contribution is -0.117. The second-order valence-electron chi connectivity index (χ2n) is 8.12. The number of carbonyl (C=O) groups excluding carboxylic acids is 2. The van der Waals surface area contributed by atoms with Crippen LogP contribution in [0.5, 0.6) is 0 Å². The molecule has 0 radical (unpaired) electrons. The summed E-state index contributed by atoms with van der Waals surface area (Å²) in [5.74, 6) is 0.445. The highest BCUT2D eigenvalue weighted by Crippen LogP contribution is 2.28. The third-order valence-electron chi connectivity index (χ3n) is 5.99. The summed E-state index contributed by atoms with van der Waals surface area (Å²) in [6, 6.07) is 7.35. The van der Waals surface area contributed by atoms with E-state index in [-0.39, 0.29) is 17.4 Å². The van der Waals surface area contributed by atoms with Crippen molar-refractivity contribution in [1.29, 1.82) is 0 Å². The lowest BCUT2D eigenvalue weighted by atomic mass is 9.94. The molecule has 7 heteroatoms. The van der Waals surface area contributed by atoms with Crippen LogP contribution >= 0.6 is 0 Å². The van der Waals surface area contributed by atoms with E-state index in [0.717, 1.165) is 43.6 Å². The van der Waals surface area contributed by atoms with E-state index in [1.807, 2.05) is 25.1 Å². The summed E-state index contributed by atoms with van der Waals surface area (Å²) in [5.41, 5.74) is 2.22. The maximum absolute atomic E-state index is 12.9. The van der Waals surface area contributed by atoms with E-state index in [9.17, 15) is 14.4 Å². The molecule has 30 heavy (non-hydrogen) atoms. The zero-order valence-electron chi connectivity index (χ0n) is 17.4. The molecule has 3 heterocycles. The predicted molar refractivity (Wildman–Crippen MR) is 115 cm³/mol. The number of anilines is 2. The SMILES string of the molecule is Cc1ccc(N2CCCC2=O)cc1NC(=O)c1c(C)cc(C2CCNCC2)oc1=O. The number of rotatable bonds is 4. The van der Waals surface area contributed by atoms with Crippen molar-refractivity contribution < 1.29 is 14.0 Å². The van der Waals surface area contributed by atoms with Gasteiger partial charge in [-0.05, 0) is 75.5 Å². The van der Waals surface area contributed by atoms with Crippen LogP contribution in [0.15, 0.2) is 33.5 Å². The number of hydrogen-bond donors (Lipinski definition) is 2. The third-order valence-corrected chi connectivity index (χ3v) is 5.99. The fraction of sp³-hybridized carbons (Fsp3) is 0.435. The van der Waals surface area contributed by atoms with E-state index >= 15 is 0 Å². The van der Waals surface area contributed by atoms with Crippen molar-refractivity contribution in [1.82, 2.24) is 5.32 Å². The highest BCUT2D eigenvalue weighted by atomic mass is 16.4. The minimum Gasteiger partial charge on any atom is -0.427 e. The molecule has 2 N–H and O–H groups in total. The minimum absolute atomic E-state index is 0.0229. The molecule has 2 aliphatic rings. The van der Waals surface area contributed by atoms with Gasteiger partial charge in [0.1, 0.15) is 11.3 Å². The molecule has 1 aromatic carbocycles. The van der Waals surface area contributed by atoms with Crippen molar-refractivity contribution >= 4 is 23.2 Å². The van der Waals surface area contributed by atoms with Gasteiger partial charge in [-0.15, -0.1) is 0 Å². The molecule has 0 unspecified atom stereocenters. The van der Waals surface area contributed by atoms with Crippen molar-refractivity contribution in [2.75, 3.05) is 29.9 Å². The van der Waals surface area contributed by atoms with Gasteiger partial charge in [-0.2, -0.15) is 0 Å². The Morgan fingerprint density at radius 1 is 1.13 bits per heavy atom. The number of hydrogen-bond acceptors (Lipinski definition) is 5. The Balaban J connectivity index is 1.58. The normalized spacial score (nSPS) is 17.4. The number of carbonyl (C=O) groups is 2. The molecule has 2 fully saturated rings. The molecule has 2 amide bonds. The Morgan fingerprint density at radius 2 is 1.90 bits per heavy atom. The van der Waals surface area contributed by atoms with E-state index in [0.29, 0.717) is 30.0 Å². The average molecular weight is 409 g/mol. The van der Waals surface area contributed by atoms with Crippen LogP contribution in [0.4, 0.5) is 11.4 Å². The van der Waals surface area contributed by atoms with Gasteiger partial charge in [-0.3, -0.25) is 9.59 Å². The molecule has 0 spiro atoms. The number of nitrogens with zero attached hydrogens (tertiary/aromatic N) is 1. The van der Waals surface area contributed by atoms with Gasteiger partial charge in [-0.25, -0.2) is 4.79 Å². The van der Waals surface area contributed by atoms with E-state index < -0.39 is 11.5 Å². The Hall–Kier alpha value is -2.93. The number of nitrogens with one attached hydrogen (secondary N) is 2. The zero-order valence-corrected chi connectivity index (χ0v) is 17.4. The first-order valence-corrected chi connectivity index (χ1v) is 10.5. The van der Waals surface area contributed by atoms with Crippen LogP contribution in [-0.2, 0) is 4.79 Å². The van der Waals surface area contributed by atoms with Crippen molar-refractivity contribution in [3.63, 3.8) is 0 Å². The molecule has 0 bridgehead atoms. The van der Waals surface area contributed by atoms with Crippen LogP contribution in [0.3, 0.4) is 0 Å². The third kappa shape index (κ3) is 4.03. The van der Waals surface area contributed by atoms with Crippen LogP contribution in [0.1, 0.15) is 58.8 Å². The smallest absolute Gasteiger partial charge is 0.349 e. The fourth-order valence-electron chi connectivity index (χ4n) is 4.23. The lowest BCUT2D eigenvalue weighted by Crippen LogP contribution is -2.28. The Bertz CT molecular complexity index is 1040. The molecule has 2 aliphatic heterocycles. The van der Waals surface area contributed by atoms with Gasteiger partial charge in [0, 0.05) is 30.3 Å². The summed E-state index contributed by atoms with van der Waals surface area (Å²) in [7, 11) is 0. The standard InChI is InChI=1S/C23H27N3O4/c1-14-5-6-17(26-11-3-4-20(26)27)13-18(14)25-22(28)21-15(2)12-19(30-23(21)29)16-7-9-24-10-8-16/h5-6,12-13,16,24H,3-4,7-11H2,1-2H3,(H,25,28). The molecular weight excluding hydrogens is 382 g/mol. The first-order chi connectivity index (χ1) is 14.4. The molecule has 0 aliphatic carbocycles. The van der Waals surface area contributed by atoms with E-state index in [1.54, 1.807) is 17.9 Å². The first kappa shape index (κ1) is 20.3. The first-order valence-electron chi connectivity index (χ1n) is 10.5. The van der Waals surface area contributed by atoms with Crippen molar-refractivity contribution in [2.45, 2.75) is 45.4 Å². The fourth-order valence-corrected chi connectivity index (χ4v) is 4.23. The number of amides is 2. The van der Waals surface area contributed by atoms with Crippen LogP contribution in [0.25, 0.3) is 0 Å². The summed E-state index contributed by atoms with van der Waals surface area (Å²) in [6.07, 6.45) is 3.20. The number of aryl methyl sites for hydroxylation is 2. The topological polar surface area (TPSA) is 91.7 Å². The van der Waals surface area contributed by atoms with Crippen LogP contribution in [0, 0.1) is 13.8 Å². The Morgan fingerprint density at radius 3 is 2.57 bits per heavy atom. The second-order valence-corrected chi connectivity index (χ2v) is 8.12. The summed E-state index contributed by atoms with van der Waals surface area (Å²) in [6.45, 7) is 6.11. The van der Waals surface area contributed by atoms with E-state index in [4.69, 9.17) is 4.42 Å². The molecule has 158 valence electrons. The largest absolute Gasteiger partial charge is 0.427 e. The van der Waals surface area contributed by atoms with Crippen molar-refractivity contribution in [3.05, 3.63) is 57.1 Å². The zero-order chi connectivity index (χ0) is 21.3. The quantitative estimate of drug-likeness (QED) is 0.810. The van der Waals surface area contributed by atoms with E-state index in [2.05, 4.69) is 10.6 Å². The molecule has 0 saturated carbocycles. The maximum atomic E-state index is 12.9. The van der Waals surface area contributed by atoms with Gasteiger partial charge in [0.2, 0.25) is 5.91 Å². The summed E-state index contributed by atoms with van der Waals surface area (Å²) < 4.78 is 5.54. The lowest BCUT2D eigenvalue weighted by Gasteiger charge is -2.22. The summed E-state index contributed by atoms with van der Waals surface area (Å²) in [5, 5.41) is 6.13. The van der Waals surface area contributed by atoms with E-state index in [1.165, 1.54) is 0 Å². The van der Waals surface area contributed by atoms with Crippen LogP contribution < -0.4 is 21.2 Å². The van der Waals surface area contributed by atoms with Crippen LogP contribution in [0.2, 0.25) is 0 Å². The number of benzene rings is 1. The van der Waals surface area contributed by atoms with Crippen LogP contribution in [-0.4, -0.2) is 31.4 Å². The highest BCUT2D eigenvalue weighted by molar-refractivity contribution is 6.06. The average Bonchev–Trinajstić information content (AvgIpc) is 3.15. The molecule has 4 rings (SSSR count). The monoisotopic (exact) mass is 409 g/mol. The van der Waals surface area contributed by atoms with Gasteiger partial charge in [-0.1, -0.05) is 6.07 Å². The highest BCUT2D eigenvalue weighted by Gasteiger charge is 2.24. The maximum Gasteiger partial charge on any atom is 0.349 e. The predicted octanol–water partition coefficient (Wildman–Crippen LogP) is 3.10. The molecule has 2 saturated heterocycles.